The first-order chi connectivity index (χ1) is 7.58. The number of carbonyl (C=O) groups excluding carboxylic acids is 1. The van der Waals surface area contributed by atoms with Crippen molar-refractivity contribution < 1.29 is 9.90 Å². The van der Waals surface area contributed by atoms with Gasteiger partial charge >= 0.3 is 0 Å². The maximum Gasteiger partial charge on any atom is 0.223 e. The van der Waals surface area contributed by atoms with Gasteiger partial charge in [-0.25, -0.2) is 0 Å². The molecule has 1 aromatic rings. The monoisotopic (exact) mass is 219 g/mol. The Hall–Kier alpha value is -1.35. The van der Waals surface area contributed by atoms with E-state index in [-0.39, 0.29) is 12.0 Å². The lowest BCUT2D eigenvalue weighted by Crippen LogP contribution is -2.25. The van der Waals surface area contributed by atoms with Crippen LogP contribution in [0.15, 0.2) is 18.2 Å². The van der Waals surface area contributed by atoms with Gasteiger partial charge in [-0.05, 0) is 37.0 Å². The van der Waals surface area contributed by atoms with Gasteiger partial charge in [0, 0.05) is 19.2 Å². The van der Waals surface area contributed by atoms with Gasteiger partial charge in [-0.3, -0.25) is 4.79 Å². The third-order valence-corrected chi connectivity index (χ3v) is 2.95. The van der Waals surface area contributed by atoms with Gasteiger partial charge in [-0.1, -0.05) is 12.1 Å². The summed E-state index contributed by atoms with van der Waals surface area (Å²) in [6.07, 6.45) is 1.28. The maximum absolute atomic E-state index is 11.4. The molecule has 3 nitrogen and oxygen atoms in total. The minimum atomic E-state index is -0.316. The highest BCUT2D eigenvalue weighted by molar-refractivity contribution is 5.93. The topological polar surface area (TPSA) is 40.5 Å². The smallest absolute Gasteiger partial charge is 0.223 e. The van der Waals surface area contributed by atoms with Gasteiger partial charge in [0.15, 0.2) is 0 Å². The van der Waals surface area contributed by atoms with Crippen molar-refractivity contribution in [2.75, 3.05) is 11.4 Å². The van der Waals surface area contributed by atoms with E-state index in [9.17, 15) is 9.90 Å². The van der Waals surface area contributed by atoms with Crippen molar-refractivity contribution in [2.24, 2.45) is 0 Å². The predicted octanol–water partition coefficient (Wildman–Crippen LogP) is 1.52. The van der Waals surface area contributed by atoms with Crippen LogP contribution in [-0.4, -0.2) is 23.7 Å². The Kier molecular flexibility index (Phi) is 2.97. The number of fused-ring (bicyclic) bond motifs is 1. The summed E-state index contributed by atoms with van der Waals surface area (Å²) >= 11 is 0. The van der Waals surface area contributed by atoms with Crippen LogP contribution in [0.5, 0.6) is 0 Å². The van der Waals surface area contributed by atoms with Gasteiger partial charge in [-0.15, -0.1) is 0 Å². The largest absolute Gasteiger partial charge is 0.393 e. The summed E-state index contributed by atoms with van der Waals surface area (Å²) in [7, 11) is 0. The SMILES string of the molecule is CC(=O)N1CCc2cc(CC(C)O)ccc21. The maximum atomic E-state index is 11.4. The van der Waals surface area contributed by atoms with Gasteiger partial charge in [0.05, 0.1) is 6.10 Å². The molecule has 0 radical (unpaired) electrons. The molecule has 3 heteroatoms. The van der Waals surface area contributed by atoms with Gasteiger partial charge in [0.25, 0.3) is 0 Å². The van der Waals surface area contributed by atoms with Crippen LogP contribution in [0, 0.1) is 0 Å². The number of benzene rings is 1. The van der Waals surface area contributed by atoms with Crippen molar-refractivity contribution in [1.82, 2.24) is 0 Å². The molecule has 1 N–H and O–H groups in total. The fraction of sp³-hybridized carbons (Fsp3) is 0.462. The second kappa shape index (κ2) is 4.26. The van der Waals surface area contributed by atoms with E-state index >= 15 is 0 Å². The Balaban J connectivity index is 2.25. The van der Waals surface area contributed by atoms with Crippen molar-refractivity contribution in [2.45, 2.75) is 32.8 Å². The highest BCUT2D eigenvalue weighted by Gasteiger charge is 2.21. The lowest BCUT2D eigenvalue weighted by Gasteiger charge is -2.15. The second-order valence-electron chi connectivity index (χ2n) is 4.44. The average molecular weight is 219 g/mol. The van der Waals surface area contributed by atoms with Crippen LogP contribution in [0.3, 0.4) is 0 Å². The number of hydrogen-bond donors (Lipinski definition) is 1. The molecule has 1 aromatic carbocycles. The van der Waals surface area contributed by atoms with Gasteiger partial charge < -0.3 is 10.0 Å². The highest BCUT2D eigenvalue weighted by atomic mass is 16.3. The first-order valence-electron chi connectivity index (χ1n) is 5.66. The molecule has 0 saturated carbocycles. The molecule has 1 aliphatic rings. The normalized spacial score (nSPS) is 16.1. The number of carbonyl (C=O) groups is 1. The third kappa shape index (κ3) is 2.09. The van der Waals surface area contributed by atoms with Crippen molar-refractivity contribution in [3.8, 4) is 0 Å². The summed E-state index contributed by atoms with van der Waals surface area (Å²) in [6.45, 7) is 4.16. The molecule has 86 valence electrons. The molecule has 1 heterocycles. The molecule has 0 fully saturated rings. The molecule has 0 spiro atoms. The molecule has 2 rings (SSSR count). The fourth-order valence-corrected chi connectivity index (χ4v) is 2.25. The molecule has 1 unspecified atom stereocenters. The molecule has 0 bridgehead atoms. The van der Waals surface area contributed by atoms with E-state index in [4.69, 9.17) is 0 Å². The summed E-state index contributed by atoms with van der Waals surface area (Å²) in [5.41, 5.74) is 3.38. The van der Waals surface area contributed by atoms with Crippen LogP contribution in [0.1, 0.15) is 25.0 Å². The average Bonchev–Trinajstić information content (AvgIpc) is 2.59. The number of anilines is 1. The molecule has 1 aliphatic heterocycles. The summed E-state index contributed by atoms with van der Waals surface area (Å²) in [6, 6.07) is 6.08. The van der Waals surface area contributed by atoms with Gasteiger partial charge in [0.2, 0.25) is 5.91 Å². The quantitative estimate of drug-likeness (QED) is 0.819. The lowest BCUT2D eigenvalue weighted by atomic mass is 10.0. The molecular formula is C13H17NO2. The lowest BCUT2D eigenvalue weighted by molar-refractivity contribution is -0.116. The number of rotatable bonds is 2. The summed E-state index contributed by atoms with van der Waals surface area (Å²) < 4.78 is 0. The van der Waals surface area contributed by atoms with E-state index < -0.39 is 0 Å². The van der Waals surface area contributed by atoms with E-state index in [0.29, 0.717) is 6.42 Å². The zero-order valence-corrected chi connectivity index (χ0v) is 9.73. The van der Waals surface area contributed by atoms with Crippen LogP contribution in [0.25, 0.3) is 0 Å². The van der Waals surface area contributed by atoms with Crippen molar-refractivity contribution in [3.05, 3.63) is 29.3 Å². The minimum absolute atomic E-state index is 0.0991. The summed E-state index contributed by atoms with van der Waals surface area (Å²) in [4.78, 5) is 13.2. The zero-order chi connectivity index (χ0) is 11.7. The van der Waals surface area contributed by atoms with E-state index in [1.807, 2.05) is 17.0 Å². The van der Waals surface area contributed by atoms with E-state index in [1.165, 1.54) is 5.56 Å². The zero-order valence-electron chi connectivity index (χ0n) is 9.73. The first kappa shape index (κ1) is 11.1. The molecule has 16 heavy (non-hydrogen) atoms. The van der Waals surface area contributed by atoms with Crippen molar-refractivity contribution in [3.63, 3.8) is 0 Å². The van der Waals surface area contributed by atoms with Crippen molar-refractivity contribution >= 4 is 11.6 Å². The van der Waals surface area contributed by atoms with Gasteiger partial charge in [0.1, 0.15) is 0 Å². The number of hydrogen-bond acceptors (Lipinski definition) is 2. The Bertz CT molecular complexity index is 412. The van der Waals surface area contributed by atoms with E-state index in [0.717, 1.165) is 24.2 Å². The Morgan fingerprint density at radius 3 is 2.94 bits per heavy atom. The van der Waals surface area contributed by atoms with E-state index in [2.05, 4.69) is 6.07 Å². The molecule has 1 atom stereocenters. The Labute approximate surface area is 95.7 Å². The number of aliphatic hydroxyl groups is 1. The second-order valence-corrected chi connectivity index (χ2v) is 4.44. The summed E-state index contributed by atoms with van der Waals surface area (Å²) in [5.74, 6) is 0.0991. The van der Waals surface area contributed by atoms with Crippen LogP contribution in [0.4, 0.5) is 5.69 Å². The van der Waals surface area contributed by atoms with Crippen molar-refractivity contribution in [1.29, 1.82) is 0 Å². The standard InChI is InChI=1S/C13H17NO2/c1-9(15)7-11-3-4-13-12(8-11)5-6-14(13)10(2)16/h3-4,8-9,15H,5-7H2,1-2H3. The predicted molar refractivity (Wildman–Crippen MR) is 63.6 cm³/mol. The molecule has 0 saturated heterocycles. The number of aliphatic hydroxyl groups excluding tert-OH is 1. The number of nitrogens with zero attached hydrogens (tertiary/aromatic N) is 1. The van der Waals surface area contributed by atoms with E-state index in [1.54, 1.807) is 13.8 Å². The molecule has 0 aliphatic carbocycles. The first-order valence-corrected chi connectivity index (χ1v) is 5.66. The van der Waals surface area contributed by atoms with Crippen LogP contribution < -0.4 is 4.90 Å². The molecule has 0 aromatic heterocycles. The van der Waals surface area contributed by atoms with Crippen LogP contribution >= 0.6 is 0 Å². The Morgan fingerprint density at radius 2 is 2.31 bits per heavy atom. The Morgan fingerprint density at radius 1 is 1.56 bits per heavy atom. The minimum Gasteiger partial charge on any atom is -0.393 e. The van der Waals surface area contributed by atoms with Crippen LogP contribution in [-0.2, 0) is 17.6 Å². The molecule has 1 amide bonds. The summed E-state index contributed by atoms with van der Waals surface area (Å²) in [5, 5.41) is 9.33. The number of amides is 1. The van der Waals surface area contributed by atoms with Crippen LogP contribution in [0.2, 0.25) is 0 Å². The molecular weight excluding hydrogens is 202 g/mol. The highest BCUT2D eigenvalue weighted by Crippen LogP contribution is 2.29. The fourth-order valence-electron chi connectivity index (χ4n) is 2.25. The third-order valence-electron chi connectivity index (χ3n) is 2.95. The van der Waals surface area contributed by atoms with Gasteiger partial charge in [-0.2, -0.15) is 0 Å².